The van der Waals surface area contributed by atoms with Crippen LogP contribution in [0.1, 0.15) is 40.0 Å². The molecule has 0 unspecified atom stereocenters. The Morgan fingerprint density at radius 3 is 2.48 bits per heavy atom. The summed E-state index contributed by atoms with van der Waals surface area (Å²) >= 11 is 5.85. The van der Waals surface area contributed by atoms with Gasteiger partial charge in [0.15, 0.2) is 0 Å². The molecule has 21 heavy (non-hydrogen) atoms. The molecule has 2 aliphatic heterocycles. The number of halogens is 1. The van der Waals surface area contributed by atoms with Gasteiger partial charge in [0.05, 0.1) is 11.1 Å². The summed E-state index contributed by atoms with van der Waals surface area (Å²) < 4.78 is 0. The van der Waals surface area contributed by atoms with Crippen LogP contribution in [0.4, 0.5) is 0 Å². The second kappa shape index (κ2) is 5.48. The van der Waals surface area contributed by atoms with Crippen molar-refractivity contribution in [2.45, 2.75) is 19.3 Å². The first-order chi connectivity index (χ1) is 10.1. The zero-order chi connectivity index (χ0) is 15.0. The highest BCUT2D eigenvalue weighted by Crippen LogP contribution is 2.26. The summed E-state index contributed by atoms with van der Waals surface area (Å²) in [7, 11) is 0. The lowest BCUT2D eigenvalue weighted by molar-refractivity contribution is -0.130. The summed E-state index contributed by atoms with van der Waals surface area (Å²) in [6, 6.07) is 4.64. The van der Waals surface area contributed by atoms with E-state index in [0.29, 0.717) is 16.1 Å². The molecule has 0 N–H and O–H groups in total. The Balaban J connectivity index is 1.69. The van der Waals surface area contributed by atoms with Crippen molar-refractivity contribution in [1.82, 2.24) is 9.80 Å². The number of rotatable bonds is 3. The highest BCUT2D eigenvalue weighted by Gasteiger charge is 2.35. The average molecular weight is 307 g/mol. The Morgan fingerprint density at radius 1 is 1.10 bits per heavy atom. The molecule has 3 amide bonds. The van der Waals surface area contributed by atoms with Crippen LogP contribution in [-0.2, 0) is 4.79 Å². The van der Waals surface area contributed by atoms with E-state index in [-0.39, 0.29) is 30.7 Å². The number of imide groups is 1. The van der Waals surface area contributed by atoms with Crippen molar-refractivity contribution in [3.8, 4) is 0 Å². The van der Waals surface area contributed by atoms with Crippen LogP contribution in [0, 0.1) is 0 Å². The molecular formula is C15H15ClN2O3. The number of hydrogen-bond donors (Lipinski definition) is 0. The largest absolute Gasteiger partial charge is 0.343 e. The summed E-state index contributed by atoms with van der Waals surface area (Å²) in [5, 5.41) is 0.421. The van der Waals surface area contributed by atoms with E-state index in [1.54, 1.807) is 17.0 Å². The molecular weight excluding hydrogens is 292 g/mol. The maximum Gasteiger partial charge on any atom is 0.261 e. The number of benzene rings is 1. The minimum Gasteiger partial charge on any atom is -0.343 e. The van der Waals surface area contributed by atoms with Crippen LogP contribution >= 0.6 is 11.6 Å². The summed E-state index contributed by atoms with van der Waals surface area (Å²) in [6.07, 6.45) is 2.23. The molecule has 0 spiro atoms. The molecule has 5 nitrogen and oxygen atoms in total. The molecule has 1 saturated heterocycles. The van der Waals surface area contributed by atoms with Crippen molar-refractivity contribution in [2.75, 3.05) is 19.6 Å². The minimum absolute atomic E-state index is 0.00193. The highest BCUT2D eigenvalue weighted by atomic mass is 35.5. The molecule has 110 valence electrons. The van der Waals surface area contributed by atoms with Crippen LogP contribution in [-0.4, -0.2) is 47.2 Å². The first-order valence-corrected chi connectivity index (χ1v) is 7.39. The molecule has 0 atom stereocenters. The second-order valence-electron chi connectivity index (χ2n) is 5.29. The van der Waals surface area contributed by atoms with Gasteiger partial charge >= 0.3 is 0 Å². The third-order valence-corrected chi connectivity index (χ3v) is 4.18. The lowest BCUT2D eigenvalue weighted by Crippen LogP contribution is -2.35. The van der Waals surface area contributed by atoms with Gasteiger partial charge in [0.25, 0.3) is 11.8 Å². The van der Waals surface area contributed by atoms with E-state index >= 15 is 0 Å². The molecule has 1 fully saturated rings. The van der Waals surface area contributed by atoms with E-state index in [1.165, 1.54) is 6.07 Å². The third kappa shape index (κ3) is 2.53. The molecule has 0 aromatic heterocycles. The van der Waals surface area contributed by atoms with E-state index in [2.05, 4.69) is 0 Å². The number of hydrogen-bond acceptors (Lipinski definition) is 3. The van der Waals surface area contributed by atoms with Crippen LogP contribution in [0.25, 0.3) is 0 Å². The van der Waals surface area contributed by atoms with Crippen LogP contribution in [0.5, 0.6) is 0 Å². The maximum atomic E-state index is 12.2. The van der Waals surface area contributed by atoms with E-state index in [9.17, 15) is 14.4 Å². The van der Waals surface area contributed by atoms with E-state index in [0.717, 1.165) is 30.8 Å². The molecule has 0 saturated carbocycles. The van der Waals surface area contributed by atoms with Crippen LogP contribution in [0.15, 0.2) is 18.2 Å². The third-order valence-electron chi connectivity index (χ3n) is 3.94. The van der Waals surface area contributed by atoms with Crippen molar-refractivity contribution < 1.29 is 14.4 Å². The van der Waals surface area contributed by atoms with Gasteiger partial charge in [0, 0.05) is 31.1 Å². The number of fused-ring (bicyclic) bond motifs is 1. The number of amides is 3. The predicted octanol–water partition coefficient (Wildman–Crippen LogP) is 1.95. The quantitative estimate of drug-likeness (QED) is 0.802. The standard InChI is InChI=1S/C15H15ClN2O3/c16-10-3-4-11-12(9-10)15(21)18(14(11)20)8-5-13(19)17-6-1-2-7-17/h3-4,9H,1-2,5-8H2. The predicted molar refractivity (Wildman–Crippen MR) is 77.3 cm³/mol. The summed E-state index contributed by atoms with van der Waals surface area (Å²) in [4.78, 5) is 39.3. The minimum atomic E-state index is -0.369. The van der Waals surface area contributed by atoms with E-state index in [4.69, 9.17) is 11.6 Å². The van der Waals surface area contributed by atoms with Crippen molar-refractivity contribution in [1.29, 1.82) is 0 Å². The zero-order valence-electron chi connectivity index (χ0n) is 11.5. The Bertz CT molecular complexity index is 623. The van der Waals surface area contributed by atoms with Gasteiger partial charge in [-0.15, -0.1) is 0 Å². The Kier molecular flexibility index (Phi) is 3.68. The molecule has 1 aromatic carbocycles. The maximum absolute atomic E-state index is 12.2. The van der Waals surface area contributed by atoms with Crippen molar-refractivity contribution in [3.63, 3.8) is 0 Å². The summed E-state index contributed by atoms with van der Waals surface area (Å²) in [5.74, 6) is -0.713. The van der Waals surface area contributed by atoms with Gasteiger partial charge in [-0.3, -0.25) is 19.3 Å². The molecule has 6 heteroatoms. The molecule has 2 heterocycles. The number of likely N-dealkylation sites (tertiary alicyclic amines) is 1. The molecule has 0 radical (unpaired) electrons. The van der Waals surface area contributed by atoms with Crippen molar-refractivity contribution >= 4 is 29.3 Å². The zero-order valence-corrected chi connectivity index (χ0v) is 12.2. The fourth-order valence-corrected chi connectivity index (χ4v) is 2.97. The van der Waals surface area contributed by atoms with Gasteiger partial charge in [0.2, 0.25) is 5.91 Å². The van der Waals surface area contributed by atoms with E-state index < -0.39 is 0 Å². The summed E-state index contributed by atoms with van der Waals surface area (Å²) in [5.41, 5.74) is 0.680. The monoisotopic (exact) mass is 306 g/mol. The lowest BCUT2D eigenvalue weighted by Gasteiger charge is -2.18. The van der Waals surface area contributed by atoms with Crippen LogP contribution in [0.3, 0.4) is 0 Å². The molecule has 0 bridgehead atoms. The second-order valence-corrected chi connectivity index (χ2v) is 5.73. The SMILES string of the molecule is O=C(CCN1C(=O)c2ccc(Cl)cc2C1=O)N1CCCC1. The fourth-order valence-electron chi connectivity index (χ4n) is 2.80. The molecule has 3 rings (SSSR count). The van der Waals surface area contributed by atoms with Gasteiger partial charge in [-0.2, -0.15) is 0 Å². The lowest BCUT2D eigenvalue weighted by atomic mass is 10.1. The molecule has 2 aliphatic rings. The smallest absolute Gasteiger partial charge is 0.261 e. The number of nitrogens with zero attached hydrogens (tertiary/aromatic N) is 2. The number of carbonyl (C=O) groups is 3. The topological polar surface area (TPSA) is 57.7 Å². The van der Waals surface area contributed by atoms with Gasteiger partial charge < -0.3 is 4.90 Å². The first-order valence-electron chi connectivity index (χ1n) is 7.01. The van der Waals surface area contributed by atoms with Crippen LogP contribution < -0.4 is 0 Å². The van der Waals surface area contributed by atoms with Crippen molar-refractivity contribution in [3.05, 3.63) is 34.3 Å². The van der Waals surface area contributed by atoms with Gasteiger partial charge in [-0.1, -0.05) is 11.6 Å². The number of carbonyl (C=O) groups excluding carboxylic acids is 3. The normalized spacial score (nSPS) is 17.6. The van der Waals surface area contributed by atoms with Gasteiger partial charge in [0.1, 0.15) is 0 Å². The van der Waals surface area contributed by atoms with Crippen LogP contribution in [0.2, 0.25) is 5.02 Å². The molecule has 1 aromatic rings. The summed E-state index contributed by atoms with van der Waals surface area (Å²) in [6.45, 7) is 1.67. The van der Waals surface area contributed by atoms with E-state index in [1.807, 2.05) is 0 Å². The Labute approximate surface area is 127 Å². The Hall–Kier alpha value is -1.88. The Morgan fingerprint density at radius 2 is 1.76 bits per heavy atom. The van der Waals surface area contributed by atoms with Crippen molar-refractivity contribution in [2.24, 2.45) is 0 Å². The average Bonchev–Trinajstić information content (AvgIpc) is 3.07. The highest BCUT2D eigenvalue weighted by molar-refractivity contribution is 6.32. The first kappa shape index (κ1) is 14.1. The van der Waals surface area contributed by atoms with Gasteiger partial charge in [-0.25, -0.2) is 0 Å². The fraction of sp³-hybridized carbons (Fsp3) is 0.400. The van der Waals surface area contributed by atoms with Gasteiger partial charge in [-0.05, 0) is 31.0 Å². The molecule has 0 aliphatic carbocycles.